The molecule has 0 saturated carbocycles. The van der Waals surface area contributed by atoms with Crippen molar-refractivity contribution in [2.75, 3.05) is 4.90 Å². The molecule has 0 heterocycles. The summed E-state index contributed by atoms with van der Waals surface area (Å²) < 4.78 is 0. The summed E-state index contributed by atoms with van der Waals surface area (Å²) in [5, 5.41) is 0. The van der Waals surface area contributed by atoms with Crippen LogP contribution in [0.15, 0.2) is 200 Å². The Kier molecular flexibility index (Phi) is 8.27. The quantitative estimate of drug-likeness (QED) is 0.163. The van der Waals surface area contributed by atoms with Gasteiger partial charge in [-0.1, -0.05) is 170 Å². The molecule has 0 unspecified atom stereocenters. The Bertz CT molecular complexity index is 2190. The van der Waals surface area contributed by atoms with E-state index < -0.39 is 0 Å². The van der Waals surface area contributed by atoms with E-state index in [2.05, 4.69) is 211 Å². The third kappa shape index (κ3) is 6.24. The number of hydrogen-bond acceptors (Lipinski definition) is 1. The second-order valence-electron chi connectivity index (χ2n) is 12.0. The fourth-order valence-corrected chi connectivity index (χ4v) is 6.51. The Hall–Kier alpha value is -6.62. The highest BCUT2D eigenvalue weighted by atomic mass is 15.1. The Labute approximate surface area is 289 Å². The summed E-state index contributed by atoms with van der Waals surface area (Å²) >= 11 is 0. The maximum atomic E-state index is 3.52. The van der Waals surface area contributed by atoms with Crippen LogP contribution in [0.2, 0.25) is 0 Å². The topological polar surface area (TPSA) is 3.24 Å². The molecule has 8 aromatic carbocycles. The zero-order valence-electron chi connectivity index (χ0n) is 27.0. The summed E-state index contributed by atoms with van der Waals surface area (Å²) in [6, 6.07) is 77.8. The Morgan fingerprint density at radius 2 is 0.755 bits per heavy atom. The molecule has 0 radical (unpaired) electrons. The molecule has 1 nitrogen and oxygen atoms in total. The van der Waals surface area contributed by atoms with Crippen LogP contribution in [-0.4, -0.2) is 0 Å². The minimum Gasteiger partial charge on any atom is -0.303 e. The van der Waals surface area contributed by atoms with E-state index in [9.17, 15) is 0 Å². The molecule has 8 aromatic rings. The predicted octanol–water partition coefficient (Wildman–Crippen LogP) is 13.1. The lowest BCUT2D eigenvalue weighted by Gasteiger charge is -2.26. The third-order valence-electron chi connectivity index (χ3n) is 8.94. The summed E-state index contributed by atoms with van der Waals surface area (Å²) in [5.74, 6) is 0. The molecule has 0 fully saturated rings. The number of benzene rings is 7. The van der Waals surface area contributed by atoms with Gasteiger partial charge in [-0.2, -0.15) is 0 Å². The zero-order chi connectivity index (χ0) is 32.8. The van der Waals surface area contributed by atoms with Crippen molar-refractivity contribution >= 4 is 17.1 Å². The van der Waals surface area contributed by atoms with Crippen LogP contribution in [0.25, 0.3) is 55.6 Å². The molecule has 49 heavy (non-hydrogen) atoms. The predicted molar refractivity (Wildman–Crippen MR) is 206 cm³/mol. The molecule has 0 amide bonds. The first-order valence-corrected chi connectivity index (χ1v) is 16.6. The van der Waals surface area contributed by atoms with Crippen molar-refractivity contribution in [3.63, 3.8) is 0 Å². The van der Waals surface area contributed by atoms with Crippen LogP contribution in [0, 0.1) is 12.1 Å². The highest BCUT2D eigenvalue weighted by Gasteiger charge is 2.18. The average molecular weight is 624 g/mol. The van der Waals surface area contributed by atoms with Crippen molar-refractivity contribution < 1.29 is 0 Å². The van der Waals surface area contributed by atoms with Crippen molar-refractivity contribution in [1.29, 1.82) is 0 Å². The number of anilines is 3. The van der Waals surface area contributed by atoms with Gasteiger partial charge in [0.05, 0.1) is 5.69 Å². The number of nitrogens with zero attached hydrogens (tertiary/aromatic N) is 1. The van der Waals surface area contributed by atoms with E-state index in [0.29, 0.717) is 0 Å². The smallest absolute Gasteiger partial charge is 0.0973 e. The third-order valence-corrected chi connectivity index (χ3v) is 8.94. The molecule has 0 aliphatic carbocycles. The maximum Gasteiger partial charge on any atom is 0.0973 e. The average Bonchev–Trinajstić information content (AvgIpc) is 3.20. The molecular formula is C48H33N. The molecule has 1 heteroatoms. The molecule has 0 aliphatic heterocycles. The van der Waals surface area contributed by atoms with Gasteiger partial charge in [-0.25, -0.2) is 0 Å². The normalized spacial score (nSPS) is 10.7. The summed E-state index contributed by atoms with van der Waals surface area (Å²) in [7, 11) is 0. The van der Waals surface area contributed by atoms with Gasteiger partial charge in [-0.3, -0.25) is 0 Å². The summed E-state index contributed by atoms with van der Waals surface area (Å²) in [6.07, 6.45) is 0. The Balaban J connectivity index is 1.31. The van der Waals surface area contributed by atoms with E-state index in [-0.39, 0.29) is 0 Å². The first-order chi connectivity index (χ1) is 24.3. The molecule has 0 aromatic heterocycles. The van der Waals surface area contributed by atoms with Gasteiger partial charge in [-0.15, -0.1) is 0 Å². The summed E-state index contributed by atoms with van der Waals surface area (Å²) in [4.78, 5) is 2.28. The fourth-order valence-electron chi connectivity index (χ4n) is 6.51. The van der Waals surface area contributed by atoms with E-state index in [0.717, 1.165) is 28.2 Å². The fraction of sp³-hybridized carbons (Fsp3) is 0. The SMILES string of the molecule is c1c(-c2ccccc2)ccc(N(c2ccc(-c3ccccc3)cc2)c2ccc(-c3ccccc3)c(-c3ccccc3-c3ccccc3)c2)c#1. The van der Waals surface area contributed by atoms with E-state index >= 15 is 0 Å². The van der Waals surface area contributed by atoms with Gasteiger partial charge < -0.3 is 4.90 Å². The van der Waals surface area contributed by atoms with E-state index in [1.807, 2.05) is 6.07 Å². The van der Waals surface area contributed by atoms with Crippen molar-refractivity contribution in [1.82, 2.24) is 0 Å². The monoisotopic (exact) mass is 623 g/mol. The highest BCUT2D eigenvalue weighted by Crippen LogP contribution is 2.43. The van der Waals surface area contributed by atoms with Gasteiger partial charge in [0.1, 0.15) is 0 Å². The number of hydrogen-bond donors (Lipinski definition) is 0. The Morgan fingerprint density at radius 1 is 0.286 bits per heavy atom. The lowest BCUT2D eigenvalue weighted by Crippen LogP contribution is -2.10. The van der Waals surface area contributed by atoms with Gasteiger partial charge in [0.25, 0.3) is 0 Å². The van der Waals surface area contributed by atoms with Crippen LogP contribution in [0.3, 0.4) is 0 Å². The molecule has 0 saturated heterocycles. The second-order valence-corrected chi connectivity index (χ2v) is 12.0. The van der Waals surface area contributed by atoms with E-state index in [4.69, 9.17) is 0 Å². The van der Waals surface area contributed by atoms with Crippen molar-refractivity contribution in [3.8, 4) is 55.6 Å². The van der Waals surface area contributed by atoms with Crippen LogP contribution in [-0.2, 0) is 0 Å². The van der Waals surface area contributed by atoms with Crippen molar-refractivity contribution in [2.45, 2.75) is 0 Å². The van der Waals surface area contributed by atoms with Gasteiger partial charge in [0.2, 0.25) is 0 Å². The van der Waals surface area contributed by atoms with Crippen LogP contribution < -0.4 is 4.90 Å². The second kappa shape index (κ2) is 13.6. The Morgan fingerprint density at radius 3 is 1.33 bits per heavy atom. The largest absolute Gasteiger partial charge is 0.303 e. The maximum absolute atomic E-state index is 3.52. The minimum absolute atomic E-state index is 0.918. The molecule has 8 rings (SSSR count). The molecule has 0 aliphatic rings. The van der Waals surface area contributed by atoms with Gasteiger partial charge in [0, 0.05) is 16.9 Å². The molecule has 0 spiro atoms. The van der Waals surface area contributed by atoms with E-state index in [1.54, 1.807) is 0 Å². The molecule has 230 valence electrons. The number of rotatable bonds is 8. The first kappa shape index (κ1) is 29.8. The molecule has 0 N–H and O–H groups in total. The first-order valence-electron chi connectivity index (χ1n) is 16.6. The summed E-state index contributed by atoms with van der Waals surface area (Å²) in [6.45, 7) is 0. The van der Waals surface area contributed by atoms with Gasteiger partial charge in [0.15, 0.2) is 0 Å². The van der Waals surface area contributed by atoms with Crippen molar-refractivity contribution in [3.05, 3.63) is 212 Å². The molecule has 0 bridgehead atoms. The van der Waals surface area contributed by atoms with Crippen molar-refractivity contribution in [2.24, 2.45) is 0 Å². The van der Waals surface area contributed by atoms with Crippen LogP contribution in [0.4, 0.5) is 17.1 Å². The van der Waals surface area contributed by atoms with Gasteiger partial charge >= 0.3 is 0 Å². The van der Waals surface area contributed by atoms with Crippen LogP contribution >= 0.6 is 0 Å². The minimum atomic E-state index is 0.918. The highest BCUT2D eigenvalue weighted by molar-refractivity contribution is 5.94. The van der Waals surface area contributed by atoms with Crippen LogP contribution in [0.1, 0.15) is 0 Å². The standard InChI is InChI=1S/C48H33N/c1-5-15-36(16-6-1)38-25-29-42(30-26-38)49(43-31-27-39(28-32-43)37-17-7-2-8-18-37)44-33-34-46(41-21-11-4-12-22-41)48(35-44)47-24-14-13-23-45(47)40-19-9-3-10-20-40/h1-27,29-31,33-35H. The zero-order valence-corrected chi connectivity index (χ0v) is 27.0. The van der Waals surface area contributed by atoms with E-state index in [1.165, 1.54) is 44.5 Å². The molecular weight excluding hydrogens is 591 g/mol. The lowest BCUT2D eigenvalue weighted by molar-refractivity contribution is 1.29. The van der Waals surface area contributed by atoms with Crippen LogP contribution in [0.5, 0.6) is 0 Å². The van der Waals surface area contributed by atoms with Gasteiger partial charge in [-0.05, 0) is 92.5 Å². The lowest BCUT2D eigenvalue weighted by atomic mass is 9.89. The molecule has 0 atom stereocenters. The summed E-state index contributed by atoms with van der Waals surface area (Å²) in [5.41, 5.74) is 14.6.